The zero-order valence-corrected chi connectivity index (χ0v) is 11.5. The summed E-state index contributed by atoms with van der Waals surface area (Å²) >= 11 is 1.87. The molecule has 0 amide bonds. The van der Waals surface area contributed by atoms with Gasteiger partial charge in [0.05, 0.1) is 5.92 Å². The Kier molecular flexibility index (Phi) is 3.33. The van der Waals surface area contributed by atoms with Crippen molar-refractivity contribution in [2.45, 2.75) is 26.2 Å². The van der Waals surface area contributed by atoms with E-state index in [1.54, 1.807) is 0 Å². The Morgan fingerprint density at radius 2 is 1.94 bits per heavy atom. The van der Waals surface area contributed by atoms with Crippen molar-refractivity contribution in [3.05, 3.63) is 69.3 Å². The van der Waals surface area contributed by atoms with Crippen LogP contribution >= 0.6 is 11.3 Å². The molecule has 0 atom stereocenters. The molecule has 0 unspecified atom stereocenters. The van der Waals surface area contributed by atoms with Crippen LogP contribution in [-0.4, -0.2) is 0 Å². The Balaban J connectivity index is 1.93. The number of hydrogen-bond acceptors (Lipinski definition) is 1. The third-order valence-electron chi connectivity index (χ3n) is 3.47. The van der Waals surface area contributed by atoms with E-state index in [1.165, 1.54) is 46.7 Å². The van der Waals surface area contributed by atoms with Gasteiger partial charge in [-0.25, -0.2) is 0 Å². The second kappa shape index (κ2) is 5.11. The first-order chi connectivity index (χ1) is 8.90. The van der Waals surface area contributed by atoms with E-state index in [9.17, 15) is 0 Å². The first-order valence-corrected chi connectivity index (χ1v) is 7.49. The smallest absolute Gasteiger partial charge is 0.0668 e. The summed E-state index contributed by atoms with van der Waals surface area (Å²) in [5.41, 5.74) is 4.25. The molecular formula is C17H17S. The molecule has 0 bridgehead atoms. The average Bonchev–Trinajstić information content (AvgIpc) is 3.02. The van der Waals surface area contributed by atoms with E-state index in [0.717, 1.165) is 0 Å². The maximum atomic E-state index is 2.29. The van der Waals surface area contributed by atoms with E-state index in [0.29, 0.717) is 0 Å². The lowest BCUT2D eigenvalue weighted by Gasteiger charge is -2.11. The second-order valence-electron chi connectivity index (χ2n) is 4.71. The molecule has 0 N–H and O–H groups in total. The lowest BCUT2D eigenvalue weighted by molar-refractivity contribution is 0.794. The van der Waals surface area contributed by atoms with Crippen LogP contribution in [0.4, 0.5) is 0 Å². The molecule has 0 saturated carbocycles. The standard InChI is InChI=1S/C17H17S/c1-2-3-6-14-11-12-18-17(14)16-10-9-13-7-4-5-8-15(13)16/h4-5,7-12H,2-3,6H2,1H3. The molecule has 1 aromatic heterocycles. The van der Waals surface area contributed by atoms with Crippen molar-refractivity contribution in [3.8, 4) is 0 Å². The van der Waals surface area contributed by atoms with Gasteiger partial charge in [0.15, 0.2) is 0 Å². The van der Waals surface area contributed by atoms with Crippen molar-refractivity contribution in [3.63, 3.8) is 0 Å². The van der Waals surface area contributed by atoms with Gasteiger partial charge in [0, 0.05) is 4.88 Å². The number of allylic oxidation sites excluding steroid dienone is 1. The minimum absolute atomic E-state index is 1.20. The summed E-state index contributed by atoms with van der Waals surface area (Å²) in [6, 6.07) is 11.0. The Hall–Kier alpha value is -1.34. The minimum atomic E-state index is 1.20. The molecule has 1 aliphatic rings. The minimum Gasteiger partial charge on any atom is -0.147 e. The molecule has 91 valence electrons. The van der Waals surface area contributed by atoms with Crippen LogP contribution in [-0.2, 0) is 6.42 Å². The molecule has 1 radical (unpaired) electrons. The molecule has 0 fully saturated rings. The Labute approximate surface area is 113 Å². The zero-order chi connectivity index (χ0) is 12.4. The Morgan fingerprint density at radius 1 is 1.06 bits per heavy atom. The van der Waals surface area contributed by atoms with E-state index in [1.807, 2.05) is 11.3 Å². The van der Waals surface area contributed by atoms with E-state index in [4.69, 9.17) is 0 Å². The summed E-state index contributed by atoms with van der Waals surface area (Å²) in [5.74, 6) is 1.41. The number of unbranched alkanes of at least 4 members (excludes halogenated alkanes) is 1. The van der Waals surface area contributed by atoms with Gasteiger partial charge >= 0.3 is 0 Å². The molecule has 0 aliphatic heterocycles. The fourth-order valence-corrected chi connectivity index (χ4v) is 3.48. The fourth-order valence-electron chi connectivity index (χ4n) is 2.48. The van der Waals surface area contributed by atoms with Gasteiger partial charge in [0.25, 0.3) is 0 Å². The Bertz CT molecular complexity index is 562. The van der Waals surface area contributed by atoms with Crippen molar-refractivity contribution < 1.29 is 0 Å². The highest BCUT2D eigenvalue weighted by Gasteiger charge is 2.22. The molecule has 1 aromatic carbocycles. The number of thiophene rings is 1. The maximum Gasteiger partial charge on any atom is 0.0668 e. The van der Waals surface area contributed by atoms with E-state index in [-0.39, 0.29) is 0 Å². The van der Waals surface area contributed by atoms with Crippen LogP contribution in [0.5, 0.6) is 0 Å². The van der Waals surface area contributed by atoms with Crippen LogP contribution in [0.15, 0.2) is 41.8 Å². The van der Waals surface area contributed by atoms with Gasteiger partial charge in [-0.15, -0.1) is 11.3 Å². The largest absolute Gasteiger partial charge is 0.147 e. The monoisotopic (exact) mass is 253 g/mol. The molecule has 18 heavy (non-hydrogen) atoms. The van der Waals surface area contributed by atoms with Crippen LogP contribution in [0.2, 0.25) is 0 Å². The summed E-state index contributed by atoms with van der Waals surface area (Å²) in [6.07, 6.45) is 8.24. The van der Waals surface area contributed by atoms with Crippen LogP contribution < -0.4 is 0 Å². The highest BCUT2D eigenvalue weighted by molar-refractivity contribution is 7.10. The number of benzene rings is 1. The van der Waals surface area contributed by atoms with Gasteiger partial charge in [-0.1, -0.05) is 49.8 Å². The second-order valence-corrected chi connectivity index (χ2v) is 5.63. The average molecular weight is 253 g/mol. The molecule has 0 saturated heterocycles. The molecule has 1 heterocycles. The summed E-state index contributed by atoms with van der Waals surface area (Å²) in [4.78, 5) is 1.46. The topological polar surface area (TPSA) is 0 Å². The number of fused-ring (bicyclic) bond motifs is 1. The predicted molar refractivity (Wildman–Crippen MR) is 79.9 cm³/mol. The van der Waals surface area contributed by atoms with Crippen molar-refractivity contribution in [2.75, 3.05) is 0 Å². The normalized spacial score (nSPS) is 14.1. The third-order valence-corrected chi connectivity index (χ3v) is 4.46. The quantitative estimate of drug-likeness (QED) is 0.712. The number of aryl methyl sites for hydroxylation is 1. The lowest BCUT2D eigenvalue weighted by atomic mass is 9.95. The maximum absolute atomic E-state index is 2.29. The van der Waals surface area contributed by atoms with Gasteiger partial charge in [0.2, 0.25) is 0 Å². The van der Waals surface area contributed by atoms with Gasteiger partial charge in [-0.05, 0) is 41.0 Å². The summed E-state index contributed by atoms with van der Waals surface area (Å²) in [6.45, 7) is 2.25. The first-order valence-electron chi connectivity index (χ1n) is 6.61. The zero-order valence-electron chi connectivity index (χ0n) is 10.6. The lowest BCUT2D eigenvalue weighted by Crippen LogP contribution is -1.98. The van der Waals surface area contributed by atoms with Crippen molar-refractivity contribution in [2.24, 2.45) is 0 Å². The highest BCUT2D eigenvalue weighted by atomic mass is 32.1. The van der Waals surface area contributed by atoms with E-state index < -0.39 is 0 Å². The van der Waals surface area contributed by atoms with E-state index in [2.05, 4.69) is 54.8 Å². The SMILES string of the molecule is CCCCc1ccsc1[C]1C=Cc2ccccc21. The summed E-state index contributed by atoms with van der Waals surface area (Å²) < 4.78 is 0. The molecular weight excluding hydrogens is 236 g/mol. The van der Waals surface area contributed by atoms with Crippen molar-refractivity contribution in [1.82, 2.24) is 0 Å². The molecule has 3 rings (SSSR count). The first kappa shape index (κ1) is 11.7. The van der Waals surface area contributed by atoms with Crippen LogP contribution in [0.25, 0.3) is 6.08 Å². The third kappa shape index (κ3) is 2.04. The molecule has 1 aliphatic carbocycles. The number of hydrogen-bond donors (Lipinski definition) is 0. The van der Waals surface area contributed by atoms with Crippen LogP contribution in [0, 0.1) is 5.92 Å². The molecule has 0 nitrogen and oxygen atoms in total. The Morgan fingerprint density at radius 3 is 2.83 bits per heavy atom. The summed E-state index contributed by atoms with van der Waals surface area (Å²) in [7, 11) is 0. The summed E-state index contributed by atoms with van der Waals surface area (Å²) in [5, 5.41) is 2.22. The predicted octanol–water partition coefficient (Wildman–Crippen LogP) is 5.09. The number of rotatable bonds is 4. The van der Waals surface area contributed by atoms with Gasteiger partial charge in [-0.3, -0.25) is 0 Å². The van der Waals surface area contributed by atoms with Crippen LogP contribution in [0.3, 0.4) is 0 Å². The fraction of sp³-hybridized carbons (Fsp3) is 0.235. The molecule has 2 aromatic rings. The van der Waals surface area contributed by atoms with Gasteiger partial charge in [-0.2, -0.15) is 0 Å². The molecule has 1 heteroatoms. The van der Waals surface area contributed by atoms with Crippen LogP contribution in [0.1, 0.15) is 41.3 Å². The molecule has 0 spiro atoms. The van der Waals surface area contributed by atoms with Crippen molar-refractivity contribution in [1.29, 1.82) is 0 Å². The van der Waals surface area contributed by atoms with E-state index >= 15 is 0 Å². The van der Waals surface area contributed by atoms with Gasteiger partial charge < -0.3 is 0 Å². The van der Waals surface area contributed by atoms with Crippen molar-refractivity contribution >= 4 is 17.4 Å². The van der Waals surface area contributed by atoms with Gasteiger partial charge in [0.1, 0.15) is 0 Å². The highest BCUT2D eigenvalue weighted by Crippen LogP contribution is 2.38.